The van der Waals surface area contributed by atoms with E-state index in [9.17, 15) is 4.79 Å². The predicted molar refractivity (Wildman–Crippen MR) is 95.7 cm³/mol. The summed E-state index contributed by atoms with van der Waals surface area (Å²) in [5, 5.41) is 4.21. The third-order valence-corrected chi connectivity index (χ3v) is 4.75. The van der Waals surface area contributed by atoms with Crippen LogP contribution in [-0.2, 0) is 11.8 Å². The highest BCUT2D eigenvalue weighted by Crippen LogP contribution is 2.24. The highest BCUT2D eigenvalue weighted by molar-refractivity contribution is 5.73. The van der Waals surface area contributed by atoms with Crippen molar-refractivity contribution in [2.24, 2.45) is 7.05 Å². The maximum Gasteiger partial charge on any atom is 0.303 e. The molecule has 3 aromatic heterocycles. The first kappa shape index (κ1) is 16.6. The Morgan fingerprint density at radius 1 is 1.31 bits per heavy atom. The van der Waals surface area contributed by atoms with Crippen LogP contribution >= 0.6 is 0 Å². The molecule has 1 saturated heterocycles. The van der Waals surface area contributed by atoms with Crippen molar-refractivity contribution in [3.8, 4) is 17.3 Å². The molecule has 136 valence electrons. The van der Waals surface area contributed by atoms with Gasteiger partial charge in [-0.15, -0.1) is 0 Å². The molecule has 0 radical (unpaired) electrons. The molecular formula is C18H22N6O2. The molecule has 8 nitrogen and oxygen atoms in total. The number of ether oxygens (including phenoxy) is 1. The number of carbonyl (C=O) groups excluding carboxylic acids is 1. The van der Waals surface area contributed by atoms with Crippen molar-refractivity contribution < 1.29 is 9.53 Å². The van der Waals surface area contributed by atoms with Crippen LogP contribution in [0.5, 0.6) is 6.01 Å². The third-order valence-electron chi connectivity index (χ3n) is 4.75. The molecule has 0 unspecified atom stereocenters. The fourth-order valence-corrected chi connectivity index (χ4v) is 3.33. The summed E-state index contributed by atoms with van der Waals surface area (Å²) in [5.74, 6) is 0.124. The lowest BCUT2D eigenvalue weighted by molar-refractivity contribution is -0.128. The molecule has 1 amide bonds. The Hall–Kier alpha value is -2.90. The van der Waals surface area contributed by atoms with Crippen molar-refractivity contribution in [2.45, 2.75) is 32.3 Å². The molecule has 8 heteroatoms. The van der Waals surface area contributed by atoms with Gasteiger partial charge in [0, 0.05) is 63.7 Å². The second-order valence-electron chi connectivity index (χ2n) is 6.66. The van der Waals surface area contributed by atoms with E-state index in [0.717, 1.165) is 49.3 Å². The van der Waals surface area contributed by atoms with E-state index in [1.54, 1.807) is 24.0 Å². The quantitative estimate of drug-likeness (QED) is 0.718. The summed E-state index contributed by atoms with van der Waals surface area (Å²) in [4.78, 5) is 22.6. The second kappa shape index (κ2) is 6.78. The van der Waals surface area contributed by atoms with Crippen LogP contribution in [-0.4, -0.2) is 54.1 Å². The van der Waals surface area contributed by atoms with Crippen molar-refractivity contribution in [1.82, 2.24) is 29.0 Å². The largest absolute Gasteiger partial charge is 0.461 e. The van der Waals surface area contributed by atoms with Crippen LogP contribution in [0.25, 0.3) is 16.9 Å². The van der Waals surface area contributed by atoms with Gasteiger partial charge in [0.05, 0.1) is 11.9 Å². The zero-order chi connectivity index (χ0) is 18.1. The van der Waals surface area contributed by atoms with Crippen LogP contribution in [0.15, 0.2) is 30.9 Å². The topological polar surface area (TPSA) is 77.6 Å². The standard InChI is InChI=1S/C18H22N6O2/c1-13(25)23-7-3-4-15(5-8-23)26-18-21-16(14-11-20-22(2)12-14)10-17-19-6-9-24(17)18/h6,9-12,15H,3-5,7-8H2,1-2H3/t15-/m0/s1. The molecule has 0 aliphatic carbocycles. The summed E-state index contributed by atoms with van der Waals surface area (Å²) >= 11 is 0. The lowest BCUT2D eigenvalue weighted by atomic mass is 10.2. The molecule has 0 N–H and O–H groups in total. The Kier molecular flexibility index (Phi) is 4.32. The Labute approximate surface area is 151 Å². The highest BCUT2D eigenvalue weighted by atomic mass is 16.5. The molecule has 26 heavy (non-hydrogen) atoms. The molecule has 0 saturated carbocycles. The fourth-order valence-electron chi connectivity index (χ4n) is 3.33. The molecular weight excluding hydrogens is 332 g/mol. The maximum absolute atomic E-state index is 11.6. The van der Waals surface area contributed by atoms with Crippen LogP contribution in [0.1, 0.15) is 26.2 Å². The monoisotopic (exact) mass is 354 g/mol. The van der Waals surface area contributed by atoms with Crippen molar-refractivity contribution in [2.75, 3.05) is 13.1 Å². The van der Waals surface area contributed by atoms with Gasteiger partial charge in [0.1, 0.15) is 11.8 Å². The van der Waals surface area contributed by atoms with Crippen molar-refractivity contribution in [3.63, 3.8) is 0 Å². The Morgan fingerprint density at radius 2 is 2.19 bits per heavy atom. The Balaban J connectivity index is 1.61. The van der Waals surface area contributed by atoms with Gasteiger partial charge in [-0.2, -0.15) is 10.1 Å². The van der Waals surface area contributed by atoms with E-state index < -0.39 is 0 Å². The number of imidazole rings is 1. The van der Waals surface area contributed by atoms with Gasteiger partial charge in [-0.25, -0.2) is 4.98 Å². The molecule has 1 aliphatic rings. The summed E-state index contributed by atoms with van der Waals surface area (Å²) in [7, 11) is 1.88. The number of rotatable bonds is 3. The van der Waals surface area contributed by atoms with Crippen LogP contribution in [0.3, 0.4) is 0 Å². The zero-order valence-corrected chi connectivity index (χ0v) is 15.0. The van der Waals surface area contributed by atoms with Gasteiger partial charge in [0.15, 0.2) is 0 Å². The highest BCUT2D eigenvalue weighted by Gasteiger charge is 2.21. The SMILES string of the molecule is CC(=O)N1CCC[C@H](Oc2nc(-c3cnn(C)c3)cc3nccn23)CC1. The number of carbonyl (C=O) groups is 1. The van der Waals surface area contributed by atoms with Crippen LogP contribution < -0.4 is 4.74 Å². The Morgan fingerprint density at radius 3 is 2.96 bits per heavy atom. The van der Waals surface area contributed by atoms with Gasteiger partial charge in [-0.1, -0.05) is 0 Å². The first-order valence-electron chi connectivity index (χ1n) is 8.85. The normalized spacial score (nSPS) is 18.1. The molecule has 1 atom stereocenters. The zero-order valence-electron chi connectivity index (χ0n) is 15.0. The summed E-state index contributed by atoms with van der Waals surface area (Å²) in [6, 6.07) is 2.45. The molecule has 0 spiro atoms. The van der Waals surface area contributed by atoms with Gasteiger partial charge in [-0.05, 0) is 12.8 Å². The first-order chi connectivity index (χ1) is 12.6. The summed E-state index contributed by atoms with van der Waals surface area (Å²) < 4.78 is 9.85. The lowest BCUT2D eigenvalue weighted by Crippen LogP contribution is -2.30. The van der Waals surface area contributed by atoms with Crippen LogP contribution in [0.2, 0.25) is 0 Å². The molecule has 4 rings (SSSR count). The summed E-state index contributed by atoms with van der Waals surface area (Å²) in [6.07, 6.45) is 9.95. The molecule has 0 aromatic carbocycles. The van der Waals surface area contributed by atoms with Crippen molar-refractivity contribution in [3.05, 3.63) is 30.9 Å². The minimum Gasteiger partial charge on any atom is -0.461 e. The minimum absolute atomic E-state index is 0.0293. The van der Waals surface area contributed by atoms with Gasteiger partial charge in [0.25, 0.3) is 0 Å². The van der Waals surface area contributed by atoms with E-state index in [1.165, 1.54) is 0 Å². The first-order valence-corrected chi connectivity index (χ1v) is 8.85. The summed E-state index contributed by atoms with van der Waals surface area (Å²) in [6.45, 7) is 3.13. The number of amides is 1. The van der Waals surface area contributed by atoms with E-state index in [-0.39, 0.29) is 12.0 Å². The number of nitrogens with zero attached hydrogens (tertiary/aromatic N) is 6. The lowest BCUT2D eigenvalue weighted by Gasteiger charge is -2.19. The number of aryl methyl sites for hydroxylation is 1. The number of fused-ring (bicyclic) bond motifs is 1. The molecule has 4 heterocycles. The van der Waals surface area contributed by atoms with Gasteiger partial charge >= 0.3 is 6.01 Å². The van der Waals surface area contributed by atoms with Crippen LogP contribution in [0, 0.1) is 0 Å². The summed E-state index contributed by atoms with van der Waals surface area (Å²) in [5.41, 5.74) is 2.49. The van der Waals surface area contributed by atoms with Gasteiger partial charge in [-0.3, -0.25) is 13.9 Å². The predicted octanol–water partition coefficient (Wildman–Crippen LogP) is 1.91. The van der Waals surface area contributed by atoms with E-state index in [4.69, 9.17) is 9.72 Å². The molecule has 1 fully saturated rings. The fraction of sp³-hybridized carbons (Fsp3) is 0.444. The number of likely N-dealkylation sites (tertiary alicyclic amines) is 1. The van der Waals surface area contributed by atoms with Crippen molar-refractivity contribution in [1.29, 1.82) is 0 Å². The average Bonchev–Trinajstić information content (AvgIpc) is 3.19. The van der Waals surface area contributed by atoms with Gasteiger partial charge < -0.3 is 9.64 Å². The number of hydrogen-bond acceptors (Lipinski definition) is 5. The van der Waals surface area contributed by atoms with Crippen molar-refractivity contribution >= 4 is 11.6 Å². The van der Waals surface area contributed by atoms with E-state index in [0.29, 0.717) is 6.01 Å². The third kappa shape index (κ3) is 3.26. The van der Waals surface area contributed by atoms with E-state index in [2.05, 4.69) is 10.1 Å². The minimum atomic E-state index is 0.0293. The van der Waals surface area contributed by atoms with E-state index in [1.807, 2.05) is 34.8 Å². The Bertz CT molecular complexity index is 931. The number of hydrogen-bond donors (Lipinski definition) is 0. The molecule has 0 bridgehead atoms. The maximum atomic E-state index is 11.6. The molecule has 1 aliphatic heterocycles. The number of aromatic nitrogens is 5. The molecule has 3 aromatic rings. The van der Waals surface area contributed by atoms with Crippen LogP contribution in [0.4, 0.5) is 0 Å². The van der Waals surface area contributed by atoms with Gasteiger partial charge in [0.2, 0.25) is 5.91 Å². The second-order valence-corrected chi connectivity index (χ2v) is 6.66. The average molecular weight is 354 g/mol. The smallest absolute Gasteiger partial charge is 0.303 e. The van der Waals surface area contributed by atoms with E-state index >= 15 is 0 Å².